The van der Waals surface area contributed by atoms with Gasteiger partial charge in [-0.3, -0.25) is 0 Å². The van der Waals surface area contributed by atoms with Crippen molar-refractivity contribution in [3.05, 3.63) is 22.2 Å². The molecule has 2 N–H and O–H groups in total. The molecule has 0 heterocycles. The van der Waals surface area contributed by atoms with Gasteiger partial charge in [0.05, 0.1) is 10.6 Å². The van der Waals surface area contributed by atoms with Gasteiger partial charge in [0.25, 0.3) is 0 Å². The van der Waals surface area contributed by atoms with E-state index in [-0.39, 0.29) is 0 Å². The number of ether oxygens (including phenoxy) is 1. The van der Waals surface area contributed by atoms with Gasteiger partial charge < -0.3 is 10.5 Å². The molecule has 0 bridgehead atoms. The van der Waals surface area contributed by atoms with Gasteiger partial charge in [0.15, 0.2) is 0 Å². The Morgan fingerprint density at radius 3 is 2.67 bits per heavy atom. The van der Waals surface area contributed by atoms with Gasteiger partial charge >= 0.3 is 0 Å². The number of nitrogen functional groups attached to an aromatic ring is 1. The standard InChI is InChI=1S/C12H16BrNO/c1-8-6-12(10(13)7-11(8)14)15-9-4-2-3-5-9/h6-7,9H,2-5,14H2,1H3. The number of nitrogens with two attached hydrogens (primary N) is 1. The zero-order valence-corrected chi connectivity index (χ0v) is 10.5. The molecule has 15 heavy (non-hydrogen) atoms. The van der Waals surface area contributed by atoms with Crippen molar-refractivity contribution in [3.8, 4) is 5.75 Å². The summed E-state index contributed by atoms with van der Waals surface area (Å²) < 4.78 is 6.90. The normalized spacial score (nSPS) is 16.9. The zero-order chi connectivity index (χ0) is 10.8. The van der Waals surface area contributed by atoms with Crippen molar-refractivity contribution >= 4 is 21.6 Å². The van der Waals surface area contributed by atoms with Crippen LogP contribution in [0.25, 0.3) is 0 Å². The van der Waals surface area contributed by atoms with Crippen molar-refractivity contribution < 1.29 is 4.74 Å². The SMILES string of the molecule is Cc1cc(OC2CCCC2)c(Br)cc1N. The summed E-state index contributed by atoms with van der Waals surface area (Å²) in [6.45, 7) is 2.00. The molecule has 0 unspecified atom stereocenters. The predicted octanol–water partition coefficient (Wildman–Crippen LogP) is 3.66. The minimum Gasteiger partial charge on any atom is -0.489 e. The maximum Gasteiger partial charge on any atom is 0.134 e. The highest BCUT2D eigenvalue weighted by Crippen LogP contribution is 2.33. The molecule has 82 valence electrons. The quantitative estimate of drug-likeness (QED) is 0.832. The Kier molecular flexibility index (Phi) is 3.19. The third kappa shape index (κ3) is 2.46. The van der Waals surface area contributed by atoms with Gasteiger partial charge in [-0.05, 0) is 66.2 Å². The highest BCUT2D eigenvalue weighted by Gasteiger charge is 2.17. The van der Waals surface area contributed by atoms with Gasteiger partial charge in [-0.2, -0.15) is 0 Å². The molecule has 1 saturated carbocycles. The lowest BCUT2D eigenvalue weighted by molar-refractivity contribution is 0.208. The molecule has 0 aromatic heterocycles. The van der Waals surface area contributed by atoms with E-state index in [4.69, 9.17) is 10.5 Å². The van der Waals surface area contributed by atoms with Gasteiger partial charge in [0.1, 0.15) is 5.75 Å². The van der Waals surface area contributed by atoms with Crippen LogP contribution in [0.3, 0.4) is 0 Å². The molecule has 1 aliphatic carbocycles. The fraction of sp³-hybridized carbons (Fsp3) is 0.500. The van der Waals surface area contributed by atoms with Crippen molar-refractivity contribution in [1.82, 2.24) is 0 Å². The molecule has 0 radical (unpaired) electrons. The van der Waals surface area contributed by atoms with E-state index < -0.39 is 0 Å². The second-order valence-electron chi connectivity index (χ2n) is 4.16. The van der Waals surface area contributed by atoms with E-state index in [0.29, 0.717) is 6.10 Å². The van der Waals surface area contributed by atoms with Crippen LogP contribution in [0.4, 0.5) is 5.69 Å². The lowest BCUT2D eigenvalue weighted by Gasteiger charge is -2.15. The number of benzene rings is 1. The summed E-state index contributed by atoms with van der Waals surface area (Å²) >= 11 is 3.48. The summed E-state index contributed by atoms with van der Waals surface area (Å²) in [4.78, 5) is 0. The molecule has 0 aliphatic heterocycles. The molecule has 0 atom stereocenters. The Hall–Kier alpha value is -0.700. The molecule has 1 aromatic carbocycles. The summed E-state index contributed by atoms with van der Waals surface area (Å²) in [5.41, 5.74) is 7.69. The van der Waals surface area contributed by atoms with Crippen molar-refractivity contribution in [2.75, 3.05) is 5.73 Å². The Morgan fingerprint density at radius 1 is 1.33 bits per heavy atom. The number of hydrogen-bond acceptors (Lipinski definition) is 2. The average molecular weight is 270 g/mol. The van der Waals surface area contributed by atoms with Gasteiger partial charge in [-0.15, -0.1) is 0 Å². The Morgan fingerprint density at radius 2 is 2.00 bits per heavy atom. The van der Waals surface area contributed by atoms with Crippen LogP contribution >= 0.6 is 15.9 Å². The first-order valence-electron chi connectivity index (χ1n) is 5.39. The fourth-order valence-electron chi connectivity index (χ4n) is 1.95. The number of anilines is 1. The van der Waals surface area contributed by atoms with Crippen molar-refractivity contribution in [2.45, 2.75) is 38.7 Å². The third-order valence-corrected chi connectivity index (χ3v) is 3.54. The molecule has 0 saturated heterocycles. The van der Waals surface area contributed by atoms with E-state index in [2.05, 4.69) is 15.9 Å². The minimum absolute atomic E-state index is 0.393. The lowest BCUT2D eigenvalue weighted by atomic mass is 10.2. The highest BCUT2D eigenvalue weighted by atomic mass is 79.9. The smallest absolute Gasteiger partial charge is 0.134 e. The Bertz CT molecular complexity index is 359. The molecule has 1 aliphatic rings. The van der Waals surface area contributed by atoms with Crippen LogP contribution in [-0.4, -0.2) is 6.10 Å². The van der Waals surface area contributed by atoms with Crippen molar-refractivity contribution in [3.63, 3.8) is 0 Å². The zero-order valence-electron chi connectivity index (χ0n) is 8.92. The summed E-state index contributed by atoms with van der Waals surface area (Å²) in [5.74, 6) is 0.925. The first kappa shape index (κ1) is 10.8. The number of rotatable bonds is 2. The second-order valence-corrected chi connectivity index (χ2v) is 5.02. The van der Waals surface area contributed by atoms with Crippen LogP contribution in [0.2, 0.25) is 0 Å². The Balaban J connectivity index is 2.16. The maximum absolute atomic E-state index is 5.94. The topological polar surface area (TPSA) is 35.2 Å². The van der Waals surface area contributed by atoms with Crippen LogP contribution < -0.4 is 10.5 Å². The van der Waals surface area contributed by atoms with Gasteiger partial charge in [-0.25, -0.2) is 0 Å². The van der Waals surface area contributed by atoms with Crippen LogP contribution in [0, 0.1) is 6.92 Å². The molecule has 0 spiro atoms. The monoisotopic (exact) mass is 269 g/mol. The first-order valence-corrected chi connectivity index (χ1v) is 6.18. The number of halogens is 1. The molecular weight excluding hydrogens is 254 g/mol. The van der Waals surface area contributed by atoms with E-state index in [1.54, 1.807) is 0 Å². The minimum atomic E-state index is 0.393. The van der Waals surface area contributed by atoms with Crippen LogP contribution in [0.15, 0.2) is 16.6 Å². The van der Waals surface area contributed by atoms with E-state index in [1.807, 2.05) is 19.1 Å². The summed E-state index contributed by atoms with van der Waals surface area (Å²) in [5, 5.41) is 0. The molecule has 0 amide bonds. The molecule has 1 aromatic rings. The van der Waals surface area contributed by atoms with E-state index >= 15 is 0 Å². The maximum atomic E-state index is 5.94. The van der Waals surface area contributed by atoms with E-state index in [9.17, 15) is 0 Å². The van der Waals surface area contributed by atoms with Crippen LogP contribution in [0.5, 0.6) is 5.75 Å². The molecule has 3 heteroatoms. The molecule has 2 nitrogen and oxygen atoms in total. The third-order valence-electron chi connectivity index (χ3n) is 2.92. The summed E-state index contributed by atoms with van der Waals surface area (Å²) in [7, 11) is 0. The van der Waals surface area contributed by atoms with Crippen LogP contribution in [0.1, 0.15) is 31.2 Å². The summed E-state index contributed by atoms with van der Waals surface area (Å²) in [6, 6.07) is 3.93. The molecule has 2 rings (SSSR count). The van der Waals surface area contributed by atoms with Gasteiger partial charge in [0.2, 0.25) is 0 Å². The Labute approximate surface area is 98.9 Å². The lowest BCUT2D eigenvalue weighted by Crippen LogP contribution is -2.11. The predicted molar refractivity (Wildman–Crippen MR) is 66.2 cm³/mol. The largest absolute Gasteiger partial charge is 0.489 e. The van der Waals surface area contributed by atoms with E-state index in [1.165, 1.54) is 25.7 Å². The first-order chi connectivity index (χ1) is 7.16. The van der Waals surface area contributed by atoms with E-state index in [0.717, 1.165) is 21.5 Å². The fourth-order valence-corrected chi connectivity index (χ4v) is 2.40. The second kappa shape index (κ2) is 4.44. The highest BCUT2D eigenvalue weighted by molar-refractivity contribution is 9.10. The van der Waals surface area contributed by atoms with Crippen molar-refractivity contribution in [2.24, 2.45) is 0 Å². The molecular formula is C12H16BrNO. The molecule has 1 fully saturated rings. The summed E-state index contributed by atoms with van der Waals surface area (Å²) in [6.07, 6.45) is 5.32. The van der Waals surface area contributed by atoms with Gasteiger partial charge in [-0.1, -0.05) is 0 Å². The number of aryl methyl sites for hydroxylation is 1. The van der Waals surface area contributed by atoms with Crippen LogP contribution in [-0.2, 0) is 0 Å². The average Bonchev–Trinajstić information content (AvgIpc) is 2.67. The van der Waals surface area contributed by atoms with Crippen molar-refractivity contribution in [1.29, 1.82) is 0 Å². The number of hydrogen-bond donors (Lipinski definition) is 1. The van der Waals surface area contributed by atoms with Gasteiger partial charge in [0, 0.05) is 5.69 Å².